The molecule has 1 fully saturated rings. The summed E-state index contributed by atoms with van der Waals surface area (Å²) < 4.78 is 33.9. The van der Waals surface area contributed by atoms with Crippen molar-refractivity contribution in [1.82, 2.24) is 4.90 Å². The monoisotopic (exact) mass is 341 g/mol. The highest BCUT2D eigenvalue weighted by Crippen LogP contribution is 2.26. The van der Waals surface area contributed by atoms with Gasteiger partial charge in [0.25, 0.3) is 0 Å². The molecule has 6 nitrogen and oxygen atoms in total. The molecule has 0 N–H and O–H groups in total. The van der Waals surface area contributed by atoms with Crippen molar-refractivity contribution < 1.29 is 22.7 Å². The molecule has 1 amide bonds. The third kappa shape index (κ3) is 3.96. The number of rotatable bonds is 7. The van der Waals surface area contributed by atoms with Gasteiger partial charge >= 0.3 is 0 Å². The molecule has 0 saturated carbocycles. The van der Waals surface area contributed by atoms with Gasteiger partial charge in [-0.15, -0.1) is 0 Å². The molecule has 0 atom stereocenters. The van der Waals surface area contributed by atoms with Crippen molar-refractivity contribution in [2.45, 2.75) is 25.0 Å². The number of likely N-dealkylation sites (tertiary alicyclic amines) is 1. The van der Waals surface area contributed by atoms with Gasteiger partial charge < -0.3 is 14.4 Å². The van der Waals surface area contributed by atoms with Crippen LogP contribution >= 0.6 is 0 Å². The second-order valence-electron chi connectivity index (χ2n) is 5.55. The van der Waals surface area contributed by atoms with Gasteiger partial charge in [0, 0.05) is 31.3 Å². The first-order chi connectivity index (χ1) is 10.9. The Morgan fingerprint density at radius 1 is 1.26 bits per heavy atom. The second-order valence-corrected chi connectivity index (χ2v) is 8.12. The van der Waals surface area contributed by atoms with Gasteiger partial charge in [-0.25, -0.2) is 8.42 Å². The fraction of sp³-hybridized carbons (Fsp3) is 0.562. The highest BCUT2D eigenvalue weighted by Gasteiger charge is 2.38. The smallest absolute Gasteiger partial charge is 0.222 e. The standard InChI is InChI=1S/C16H23NO5S/c1-4-23(19,20)14-10-17(11-14)16(18)8-6-12-5-7-13(21-2)9-15(12)22-3/h5,7,9,14H,4,6,8,10-11H2,1-3H3. The van der Waals surface area contributed by atoms with Crippen LogP contribution < -0.4 is 9.47 Å². The van der Waals surface area contributed by atoms with Crippen LogP contribution in [-0.2, 0) is 21.1 Å². The molecule has 0 aromatic heterocycles. The van der Waals surface area contributed by atoms with Gasteiger partial charge in [-0.2, -0.15) is 0 Å². The van der Waals surface area contributed by atoms with E-state index < -0.39 is 15.1 Å². The number of methoxy groups -OCH3 is 2. The van der Waals surface area contributed by atoms with E-state index in [9.17, 15) is 13.2 Å². The fourth-order valence-electron chi connectivity index (χ4n) is 2.56. The summed E-state index contributed by atoms with van der Waals surface area (Å²) in [5, 5.41) is -0.396. The van der Waals surface area contributed by atoms with Gasteiger partial charge in [-0.3, -0.25) is 4.79 Å². The molecule has 128 valence electrons. The zero-order valence-corrected chi connectivity index (χ0v) is 14.6. The Balaban J connectivity index is 1.89. The number of amides is 1. The number of hydrogen-bond donors (Lipinski definition) is 0. The molecule has 7 heteroatoms. The topological polar surface area (TPSA) is 72.9 Å². The van der Waals surface area contributed by atoms with Gasteiger partial charge in [0.1, 0.15) is 11.5 Å². The molecule has 1 aliphatic rings. The first-order valence-electron chi connectivity index (χ1n) is 7.61. The van der Waals surface area contributed by atoms with Crippen molar-refractivity contribution in [3.8, 4) is 11.5 Å². The predicted octanol–water partition coefficient (Wildman–Crippen LogP) is 1.28. The SMILES string of the molecule is CCS(=O)(=O)C1CN(C(=O)CCc2ccc(OC)cc2OC)C1. The van der Waals surface area contributed by atoms with Crippen LogP contribution in [0, 0.1) is 0 Å². The largest absolute Gasteiger partial charge is 0.497 e. The summed E-state index contributed by atoms with van der Waals surface area (Å²) in [6.45, 7) is 2.26. The van der Waals surface area contributed by atoms with Crippen molar-refractivity contribution in [2.75, 3.05) is 33.1 Å². The van der Waals surface area contributed by atoms with Crippen molar-refractivity contribution in [3.63, 3.8) is 0 Å². The Labute approximate surface area is 137 Å². The minimum absolute atomic E-state index is 0.0228. The summed E-state index contributed by atoms with van der Waals surface area (Å²) in [6, 6.07) is 5.49. The third-order valence-corrected chi connectivity index (χ3v) is 6.33. The maximum Gasteiger partial charge on any atom is 0.222 e. The van der Waals surface area contributed by atoms with E-state index in [1.807, 2.05) is 12.1 Å². The van der Waals surface area contributed by atoms with Crippen LogP contribution in [0.15, 0.2) is 18.2 Å². The number of benzene rings is 1. The molecule has 1 aromatic carbocycles. The van der Waals surface area contributed by atoms with Crippen LogP contribution in [0.4, 0.5) is 0 Å². The lowest BCUT2D eigenvalue weighted by Crippen LogP contribution is -2.57. The maximum absolute atomic E-state index is 12.1. The average Bonchev–Trinajstić information content (AvgIpc) is 2.50. The molecule has 0 spiro atoms. The van der Waals surface area contributed by atoms with Crippen LogP contribution in [0.25, 0.3) is 0 Å². The quantitative estimate of drug-likeness (QED) is 0.747. The summed E-state index contributed by atoms with van der Waals surface area (Å²) in [5.41, 5.74) is 0.930. The van der Waals surface area contributed by atoms with Crippen molar-refractivity contribution in [2.24, 2.45) is 0 Å². The minimum Gasteiger partial charge on any atom is -0.497 e. The van der Waals surface area contributed by atoms with Gasteiger partial charge in [-0.05, 0) is 18.1 Å². The second kappa shape index (κ2) is 7.21. The number of aryl methyl sites for hydroxylation is 1. The average molecular weight is 341 g/mol. The predicted molar refractivity (Wildman–Crippen MR) is 87.7 cm³/mol. The Kier molecular flexibility index (Phi) is 5.51. The number of hydrogen-bond acceptors (Lipinski definition) is 5. The Morgan fingerprint density at radius 3 is 2.52 bits per heavy atom. The van der Waals surface area contributed by atoms with Gasteiger partial charge in [0.05, 0.1) is 19.5 Å². The molecule has 0 unspecified atom stereocenters. The summed E-state index contributed by atoms with van der Waals surface area (Å²) in [4.78, 5) is 13.8. The van der Waals surface area contributed by atoms with Crippen LogP contribution in [0.3, 0.4) is 0 Å². The molecule has 1 saturated heterocycles. The molecule has 0 bridgehead atoms. The van der Waals surface area contributed by atoms with Gasteiger partial charge in [0.15, 0.2) is 9.84 Å². The van der Waals surface area contributed by atoms with Gasteiger partial charge in [0.2, 0.25) is 5.91 Å². The Morgan fingerprint density at radius 2 is 1.96 bits per heavy atom. The highest BCUT2D eigenvalue weighted by molar-refractivity contribution is 7.92. The number of sulfone groups is 1. The zero-order chi connectivity index (χ0) is 17.0. The normalized spacial score (nSPS) is 15.2. The molecule has 1 heterocycles. The van der Waals surface area contributed by atoms with Crippen LogP contribution in [0.2, 0.25) is 0 Å². The molecule has 23 heavy (non-hydrogen) atoms. The molecule has 1 aliphatic heterocycles. The molecule has 1 aromatic rings. The van der Waals surface area contributed by atoms with E-state index in [4.69, 9.17) is 9.47 Å². The maximum atomic E-state index is 12.1. The first kappa shape index (κ1) is 17.6. The Bertz CT molecular complexity index is 665. The Hall–Kier alpha value is -1.76. The van der Waals surface area contributed by atoms with E-state index >= 15 is 0 Å². The highest BCUT2D eigenvalue weighted by atomic mass is 32.2. The lowest BCUT2D eigenvalue weighted by Gasteiger charge is -2.38. The van der Waals surface area contributed by atoms with Gasteiger partial charge in [-0.1, -0.05) is 13.0 Å². The number of nitrogens with zero attached hydrogens (tertiary/aromatic N) is 1. The number of carbonyl (C=O) groups is 1. The van der Waals surface area contributed by atoms with E-state index in [-0.39, 0.29) is 11.7 Å². The van der Waals surface area contributed by atoms with Crippen molar-refractivity contribution in [1.29, 1.82) is 0 Å². The summed E-state index contributed by atoms with van der Waals surface area (Å²) in [7, 11) is 0.124. The number of carbonyl (C=O) groups excluding carboxylic acids is 1. The third-order valence-electron chi connectivity index (χ3n) is 4.21. The molecular weight excluding hydrogens is 318 g/mol. The van der Waals surface area contributed by atoms with E-state index in [2.05, 4.69) is 0 Å². The first-order valence-corrected chi connectivity index (χ1v) is 9.33. The molecule has 0 radical (unpaired) electrons. The molecular formula is C16H23NO5S. The molecule has 0 aliphatic carbocycles. The van der Waals surface area contributed by atoms with E-state index in [1.54, 1.807) is 32.1 Å². The van der Waals surface area contributed by atoms with Crippen LogP contribution in [0.5, 0.6) is 11.5 Å². The lowest BCUT2D eigenvalue weighted by atomic mass is 10.1. The van der Waals surface area contributed by atoms with Crippen molar-refractivity contribution in [3.05, 3.63) is 23.8 Å². The van der Waals surface area contributed by atoms with Crippen LogP contribution in [-0.4, -0.2) is 57.5 Å². The van der Waals surface area contributed by atoms with Crippen LogP contribution in [0.1, 0.15) is 18.9 Å². The van der Waals surface area contributed by atoms with Crippen molar-refractivity contribution >= 4 is 15.7 Å². The van der Waals surface area contributed by atoms with E-state index in [0.717, 1.165) is 5.56 Å². The fourth-order valence-corrected chi connectivity index (χ4v) is 3.85. The minimum atomic E-state index is -3.04. The summed E-state index contributed by atoms with van der Waals surface area (Å²) >= 11 is 0. The zero-order valence-electron chi connectivity index (χ0n) is 13.7. The lowest BCUT2D eigenvalue weighted by molar-refractivity contribution is -0.134. The summed E-state index contributed by atoms with van der Waals surface area (Å²) in [5.74, 6) is 1.49. The summed E-state index contributed by atoms with van der Waals surface area (Å²) in [6.07, 6.45) is 0.884. The van der Waals surface area contributed by atoms with E-state index in [0.29, 0.717) is 37.4 Å². The number of ether oxygens (including phenoxy) is 2. The van der Waals surface area contributed by atoms with E-state index in [1.165, 1.54) is 0 Å². The molecule has 2 rings (SSSR count).